The van der Waals surface area contributed by atoms with Crippen LogP contribution in [0.15, 0.2) is 54.6 Å². The molecule has 3 nitrogen and oxygen atoms in total. The highest BCUT2D eigenvalue weighted by molar-refractivity contribution is 7.99. The second-order valence-corrected chi connectivity index (χ2v) is 7.30. The molecule has 2 rings (SSSR count). The van der Waals surface area contributed by atoms with Crippen molar-refractivity contribution in [1.29, 1.82) is 0 Å². The number of aryl methyl sites for hydroxylation is 1. The summed E-state index contributed by atoms with van der Waals surface area (Å²) in [5.74, 6) is 1.75. The molecule has 0 heterocycles. The monoisotopic (exact) mass is 357 g/mol. The molecule has 0 fully saturated rings. The van der Waals surface area contributed by atoms with Crippen LogP contribution in [0.1, 0.15) is 31.4 Å². The molecule has 2 aromatic rings. The van der Waals surface area contributed by atoms with Gasteiger partial charge in [0.1, 0.15) is 12.4 Å². The van der Waals surface area contributed by atoms with Crippen molar-refractivity contribution in [3.63, 3.8) is 0 Å². The highest BCUT2D eigenvalue weighted by atomic mass is 32.2. The summed E-state index contributed by atoms with van der Waals surface area (Å²) < 4.78 is 5.68. The highest BCUT2D eigenvalue weighted by Gasteiger charge is 2.12. The van der Waals surface area contributed by atoms with Crippen molar-refractivity contribution in [2.45, 2.75) is 37.7 Å². The maximum Gasteiger partial charge on any atom is 0.232 e. The second kappa shape index (κ2) is 10.8. The first-order valence-electron chi connectivity index (χ1n) is 8.84. The van der Waals surface area contributed by atoms with Gasteiger partial charge in [-0.25, -0.2) is 0 Å². The zero-order chi connectivity index (χ0) is 17.9. The smallest absolute Gasteiger partial charge is 0.232 e. The zero-order valence-corrected chi connectivity index (χ0v) is 15.9. The molecule has 2 aromatic carbocycles. The number of thioether (sulfide) groups is 1. The molecule has 4 heteroatoms. The van der Waals surface area contributed by atoms with Crippen molar-refractivity contribution in [2.75, 3.05) is 13.2 Å². The minimum atomic E-state index is -0.0754. The maximum atomic E-state index is 12.1. The normalized spacial score (nSPS) is 11.8. The van der Waals surface area contributed by atoms with E-state index in [1.807, 2.05) is 37.3 Å². The van der Waals surface area contributed by atoms with E-state index in [4.69, 9.17) is 4.74 Å². The van der Waals surface area contributed by atoms with Gasteiger partial charge >= 0.3 is 0 Å². The molecule has 0 saturated carbocycles. The fourth-order valence-corrected chi connectivity index (χ4v) is 3.27. The maximum absolute atomic E-state index is 12.1. The number of rotatable bonds is 10. The fourth-order valence-electron chi connectivity index (χ4n) is 2.40. The van der Waals surface area contributed by atoms with Crippen molar-refractivity contribution < 1.29 is 9.53 Å². The number of hydrogen-bond donors (Lipinski definition) is 1. The molecule has 134 valence electrons. The lowest BCUT2D eigenvalue weighted by Crippen LogP contribution is -2.34. The summed E-state index contributed by atoms with van der Waals surface area (Å²) in [5, 5.41) is 2.86. The van der Waals surface area contributed by atoms with Gasteiger partial charge in [0.25, 0.3) is 0 Å². The van der Waals surface area contributed by atoms with Gasteiger partial charge in [0.05, 0.1) is 11.8 Å². The average molecular weight is 358 g/mol. The summed E-state index contributed by atoms with van der Waals surface area (Å²) in [7, 11) is 0. The first-order chi connectivity index (χ1) is 12.2. The Morgan fingerprint density at radius 2 is 1.80 bits per heavy atom. The Bertz CT molecular complexity index is 628. The highest BCUT2D eigenvalue weighted by Crippen LogP contribution is 2.17. The first kappa shape index (κ1) is 19.4. The third-order valence-corrected chi connectivity index (χ3v) is 5.06. The molecule has 0 unspecified atom stereocenters. The molecular formula is C21H27NO2S. The van der Waals surface area contributed by atoms with Crippen LogP contribution in [0.5, 0.6) is 5.75 Å². The van der Waals surface area contributed by atoms with E-state index in [0.29, 0.717) is 13.2 Å². The summed E-state index contributed by atoms with van der Waals surface area (Å²) in [5.41, 5.74) is 2.56. The van der Waals surface area contributed by atoms with Crippen LogP contribution in [0, 0.1) is 0 Å². The van der Waals surface area contributed by atoms with Gasteiger partial charge in [-0.2, -0.15) is 0 Å². The lowest BCUT2D eigenvalue weighted by Gasteiger charge is -2.13. The molecule has 25 heavy (non-hydrogen) atoms. The SMILES string of the molecule is CCCc1ccc(OCCNC(=O)[C@@H](C)SCc2ccccc2)cc1. The fraction of sp³-hybridized carbons (Fsp3) is 0.381. The number of benzene rings is 2. The van der Waals surface area contributed by atoms with Crippen molar-refractivity contribution in [1.82, 2.24) is 5.32 Å². The Labute approximate surface area is 155 Å². The van der Waals surface area contributed by atoms with Crippen LogP contribution >= 0.6 is 11.8 Å². The van der Waals surface area contributed by atoms with Crippen LogP contribution in [0.4, 0.5) is 0 Å². The number of hydrogen-bond acceptors (Lipinski definition) is 3. The molecule has 0 aliphatic heterocycles. The number of carbonyl (C=O) groups is 1. The summed E-state index contributed by atoms with van der Waals surface area (Å²) in [6.45, 7) is 5.11. The average Bonchev–Trinajstić information content (AvgIpc) is 2.65. The minimum Gasteiger partial charge on any atom is -0.492 e. The van der Waals surface area contributed by atoms with Crippen molar-refractivity contribution in [3.05, 3.63) is 65.7 Å². The van der Waals surface area contributed by atoms with E-state index in [1.165, 1.54) is 11.1 Å². The van der Waals surface area contributed by atoms with Crippen molar-refractivity contribution in [2.24, 2.45) is 0 Å². The van der Waals surface area contributed by atoms with Crippen LogP contribution in [0.2, 0.25) is 0 Å². The molecule has 0 aromatic heterocycles. The molecule has 1 amide bonds. The van der Waals surface area contributed by atoms with Gasteiger partial charge in [0.2, 0.25) is 5.91 Å². The van der Waals surface area contributed by atoms with E-state index in [9.17, 15) is 4.79 Å². The van der Waals surface area contributed by atoms with Gasteiger partial charge in [-0.3, -0.25) is 4.79 Å². The Kier molecular flexibility index (Phi) is 8.40. The Morgan fingerprint density at radius 3 is 2.48 bits per heavy atom. The van der Waals surface area contributed by atoms with Crippen molar-refractivity contribution >= 4 is 17.7 Å². The van der Waals surface area contributed by atoms with Gasteiger partial charge in [-0.15, -0.1) is 11.8 Å². The van der Waals surface area contributed by atoms with Gasteiger partial charge in [0, 0.05) is 5.75 Å². The largest absolute Gasteiger partial charge is 0.492 e. The Morgan fingerprint density at radius 1 is 1.08 bits per heavy atom. The summed E-state index contributed by atoms with van der Waals surface area (Å²) in [6, 6.07) is 18.4. The lowest BCUT2D eigenvalue weighted by atomic mass is 10.1. The Balaban J connectivity index is 1.62. The topological polar surface area (TPSA) is 38.3 Å². The standard InChI is InChI=1S/C21H27NO2S/c1-3-7-18-10-12-20(13-11-18)24-15-14-22-21(23)17(2)25-16-19-8-5-4-6-9-19/h4-6,8-13,17H,3,7,14-16H2,1-2H3,(H,22,23)/t17-/m1/s1. The number of carbonyl (C=O) groups excluding carboxylic acids is 1. The minimum absolute atomic E-state index is 0.0582. The third kappa shape index (κ3) is 7.22. The summed E-state index contributed by atoms with van der Waals surface area (Å²) in [6.07, 6.45) is 2.24. The van der Waals surface area contributed by atoms with Crippen LogP contribution in [0.3, 0.4) is 0 Å². The lowest BCUT2D eigenvalue weighted by molar-refractivity contribution is -0.120. The van der Waals surface area contributed by atoms with E-state index < -0.39 is 0 Å². The Hall–Kier alpha value is -1.94. The van der Waals surface area contributed by atoms with Gasteiger partial charge < -0.3 is 10.1 Å². The van der Waals surface area contributed by atoms with Crippen LogP contribution in [-0.2, 0) is 17.0 Å². The molecule has 0 saturated heterocycles. The molecule has 0 bridgehead atoms. The van der Waals surface area contributed by atoms with E-state index in [0.717, 1.165) is 24.3 Å². The summed E-state index contributed by atoms with van der Waals surface area (Å²) >= 11 is 1.65. The van der Waals surface area contributed by atoms with Crippen LogP contribution in [0.25, 0.3) is 0 Å². The van der Waals surface area contributed by atoms with Gasteiger partial charge in [-0.1, -0.05) is 55.8 Å². The van der Waals surface area contributed by atoms with E-state index in [-0.39, 0.29) is 11.2 Å². The predicted molar refractivity (Wildman–Crippen MR) is 106 cm³/mol. The van der Waals surface area contributed by atoms with E-state index in [2.05, 4.69) is 36.5 Å². The zero-order valence-electron chi connectivity index (χ0n) is 15.0. The van der Waals surface area contributed by atoms with E-state index >= 15 is 0 Å². The molecule has 0 aliphatic rings. The molecule has 0 radical (unpaired) electrons. The number of ether oxygens (including phenoxy) is 1. The second-order valence-electron chi connectivity index (χ2n) is 5.97. The van der Waals surface area contributed by atoms with Crippen LogP contribution in [-0.4, -0.2) is 24.3 Å². The number of amides is 1. The molecule has 0 spiro atoms. The molecule has 1 atom stereocenters. The van der Waals surface area contributed by atoms with E-state index in [1.54, 1.807) is 11.8 Å². The van der Waals surface area contributed by atoms with Crippen LogP contribution < -0.4 is 10.1 Å². The van der Waals surface area contributed by atoms with Gasteiger partial charge in [0.15, 0.2) is 0 Å². The number of nitrogens with one attached hydrogen (secondary N) is 1. The third-order valence-electron chi connectivity index (χ3n) is 3.84. The molecule has 1 N–H and O–H groups in total. The quantitative estimate of drug-likeness (QED) is 0.638. The van der Waals surface area contributed by atoms with Crippen molar-refractivity contribution in [3.8, 4) is 5.75 Å². The molecule has 0 aliphatic carbocycles. The van der Waals surface area contributed by atoms with Gasteiger partial charge in [-0.05, 0) is 36.6 Å². The predicted octanol–water partition coefficient (Wildman–Crippen LogP) is 4.46. The molecular weight excluding hydrogens is 330 g/mol. The first-order valence-corrected chi connectivity index (χ1v) is 9.89. The summed E-state index contributed by atoms with van der Waals surface area (Å²) in [4.78, 5) is 12.1.